The maximum Gasteiger partial charge on any atom is 0.259 e. The summed E-state index contributed by atoms with van der Waals surface area (Å²) in [6.07, 6.45) is 0.993. The molecule has 0 bridgehead atoms. The second kappa shape index (κ2) is 8.26. The zero-order chi connectivity index (χ0) is 15.8. The van der Waals surface area contributed by atoms with Crippen LogP contribution in [-0.4, -0.2) is 44.0 Å². The summed E-state index contributed by atoms with van der Waals surface area (Å²) in [7, 11) is 3.33. The molecule has 3 N–H and O–H groups in total. The molecule has 2 amide bonds. The highest BCUT2D eigenvalue weighted by atomic mass is 16.5. The number of hydrogen-bond donors (Lipinski definition) is 2. The maximum absolute atomic E-state index is 11.8. The Kier molecular flexibility index (Phi) is 6.68. The quantitative estimate of drug-likeness (QED) is 0.789. The summed E-state index contributed by atoms with van der Waals surface area (Å²) < 4.78 is 5.52. The molecule has 0 aliphatic heterocycles. The van der Waals surface area contributed by atoms with Crippen LogP contribution in [0.4, 0.5) is 5.69 Å². The van der Waals surface area contributed by atoms with Gasteiger partial charge in [0.15, 0.2) is 6.61 Å². The molecular formula is C15H23N3O3. The van der Waals surface area contributed by atoms with Crippen molar-refractivity contribution in [3.63, 3.8) is 0 Å². The molecule has 0 aliphatic rings. The second-order valence-corrected chi connectivity index (χ2v) is 5.02. The number of nitrogens with zero attached hydrogens (tertiary/aromatic N) is 1. The monoisotopic (exact) mass is 293 g/mol. The maximum atomic E-state index is 11.8. The summed E-state index contributed by atoms with van der Waals surface area (Å²) in [6.45, 7) is 2.32. The molecule has 0 saturated heterocycles. The molecule has 1 aromatic carbocycles. The Morgan fingerprint density at radius 2 is 2.05 bits per heavy atom. The van der Waals surface area contributed by atoms with Crippen LogP contribution >= 0.6 is 0 Å². The van der Waals surface area contributed by atoms with Crippen molar-refractivity contribution in [2.75, 3.05) is 32.6 Å². The number of nitrogens with one attached hydrogen (secondary N) is 1. The van der Waals surface area contributed by atoms with Gasteiger partial charge in [0, 0.05) is 20.5 Å². The van der Waals surface area contributed by atoms with Crippen molar-refractivity contribution in [3.8, 4) is 5.75 Å². The topological polar surface area (TPSA) is 84.7 Å². The molecule has 0 atom stereocenters. The second-order valence-electron chi connectivity index (χ2n) is 5.02. The fourth-order valence-electron chi connectivity index (χ4n) is 1.60. The van der Waals surface area contributed by atoms with E-state index in [0.717, 1.165) is 5.56 Å². The predicted molar refractivity (Wildman–Crippen MR) is 82.3 cm³/mol. The molecule has 116 valence electrons. The van der Waals surface area contributed by atoms with E-state index in [1.165, 1.54) is 4.90 Å². The molecule has 0 unspecified atom stereocenters. The van der Waals surface area contributed by atoms with E-state index in [4.69, 9.17) is 10.5 Å². The van der Waals surface area contributed by atoms with Gasteiger partial charge in [0.2, 0.25) is 5.91 Å². The number of carbonyl (C=O) groups excluding carboxylic acids is 2. The van der Waals surface area contributed by atoms with E-state index in [1.54, 1.807) is 26.2 Å². The van der Waals surface area contributed by atoms with Crippen molar-refractivity contribution < 1.29 is 14.3 Å². The van der Waals surface area contributed by atoms with Gasteiger partial charge in [-0.2, -0.15) is 0 Å². The lowest BCUT2D eigenvalue weighted by atomic mass is 10.2. The van der Waals surface area contributed by atoms with E-state index in [0.29, 0.717) is 30.8 Å². The zero-order valence-corrected chi connectivity index (χ0v) is 12.8. The van der Waals surface area contributed by atoms with Gasteiger partial charge in [-0.1, -0.05) is 6.07 Å². The van der Waals surface area contributed by atoms with Crippen molar-refractivity contribution in [1.82, 2.24) is 4.90 Å². The fraction of sp³-hybridized carbons (Fsp3) is 0.467. The summed E-state index contributed by atoms with van der Waals surface area (Å²) in [6, 6.07) is 5.44. The average molecular weight is 293 g/mol. The highest BCUT2D eigenvalue weighted by Gasteiger charge is 2.11. The normalized spacial score (nSPS) is 10.1. The highest BCUT2D eigenvalue weighted by Crippen LogP contribution is 2.26. The van der Waals surface area contributed by atoms with E-state index in [9.17, 15) is 9.59 Å². The Balaban J connectivity index is 2.75. The summed E-state index contributed by atoms with van der Waals surface area (Å²) in [4.78, 5) is 24.8. The fourth-order valence-corrected chi connectivity index (χ4v) is 1.60. The summed E-state index contributed by atoms with van der Waals surface area (Å²) >= 11 is 0. The third-order valence-corrected chi connectivity index (χ3v) is 2.87. The molecule has 21 heavy (non-hydrogen) atoms. The lowest BCUT2D eigenvalue weighted by Crippen LogP contribution is -2.27. The number of rotatable bonds is 7. The average Bonchev–Trinajstić information content (AvgIpc) is 2.44. The Labute approximate surface area is 125 Å². The van der Waals surface area contributed by atoms with Gasteiger partial charge in [0.05, 0.1) is 5.69 Å². The highest BCUT2D eigenvalue weighted by molar-refractivity contribution is 5.92. The van der Waals surface area contributed by atoms with Crippen molar-refractivity contribution in [2.45, 2.75) is 19.8 Å². The molecule has 0 aromatic heterocycles. The number of nitrogens with two attached hydrogens (primary N) is 1. The van der Waals surface area contributed by atoms with Gasteiger partial charge in [-0.15, -0.1) is 0 Å². The number of amides is 2. The summed E-state index contributed by atoms with van der Waals surface area (Å²) in [5, 5.41) is 2.78. The van der Waals surface area contributed by atoms with Crippen molar-refractivity contribution in [3.05, 3.63) is 23.8 Å². The first kappa shape index (κ1) is 17.0. The van der Waals surface area contributed by atoms with Crippen LogP contribution in [0.3, 0.4) is 0 Å². The lowest BCUT2D eigenvalue weighted by Gasteiger charge is -2.15. The standard InChI is InChI=1S/C15H23N3O3/c1-11-6-7-12(17-14(19)5-4-8-16)13(9-11)21-10-15(20)18(2)3/h6-7,9H,4-5,8,10,16H2,1-3H3,(H,17,19). The van der Waals surface area contributed by atoms with Crippen molar-refractivity contribution >= 4 is 17.5 Å². The molecular weight excluding hydrogens is 270 g/mol. The molecule has 0 spiro atoms. The minimum absolute atomic E-state index is 0.0673. The van der Waals surface area contributed by atoms with E-state index in [1.807, 2.05) is 13.0 Å². The van der Waals surface area contributed by atoms with Crippen LogP contribution in [0.5, 0.6) is 5.75 Å². The Hall–Kier alpha value is -2.08. The van der Waals surface area contributed by atoms with Gasteiger partial charge < -0.3 is 20.7 Å². The SMILES string of the molecule is Cc1ccc(NC(=O)CCCN)c(OCC(=O)N(C)C)c1. The van der Waals surface area contributed by atoms with Gasteiger partial charge >= 0.3 is 0 Å². The van der Waals surface area contributed by atoms with Gasteiger partial charge in [0.25, 0.3) is 5.91 Å². The molecule has 1 rings (SSSR count). The van der Waals surface area contributed by atoms with Crippen LogP contribution in [0.15, 0.2) is 18.2 Å². The number of ether oxygens (including phenoxy) is 1. The van der Waals surface area contributed by atoms with E-state index in [-0.39, 0.29) is 18.4 Å². The van der Waals surface area contributed by atoms with E-state index in [2.05, 4.69) is 5.32 Å². The van der Waals surface area contributed by atoms with Crippen molar-refractivity contribution in [2.24, 2.45) is 5.73 Å². The third-order valence-electron chi connectivity index (χ3n) is 2.87. The van der Waals surface area contributed by atoms with E-state index >= 15 is 0 Å². The molecule has 1 aromatic rings. The Bertz CT molecular complexity index is 501. The first-order chi connectivity index (χ1) is 9.93. The minimum Gasteiger partial charge on any atom is -0.482 e. The van der Waals surface area contributed by atoms with Gasteiger partial charge in [0.1, 0.15) is 5.75 Å². The Morgan fingerprint density at radius 1 is 1.33 bits per heavy atom. The van der Waals surface area contributed by atoms with Crippen LogP contribution in [-0.2, 0) is 9.59 Å². The number of likely N-dealkylation sites (N-methyl/N-ethyl adjacent to an activating group) is 1. The van der Waals surface area contributed by atoms with E-state index < -0.39 is 0 Å². The van der Waals surface area contributed by atoms with Crippen LogP contribution in [0.2, 0.25) is 0 Å². The smallest absolute Gasteiger partial charge is 0.259 e. The first-order valence-corrected chi connectivity index (χ1v) is 6.87. The van der Waals surface area contributed by atoms with Crippen molar-refractivity contribution in [1.29, 1.82) is 0 Å². The number of benzene rings is 1. The Morgan fingerprint density at radius 3 is 2.67 bits per heavy atom. The summed E-state index contributed by atoms with van der Waals surface area (Å²) in [5.41, 5.74) is 6.93. The molecule has 0 heterocycles. The number of aryl methyl sites for hydroxylation is 1. The van der Waals surface area contributed by atoms with Crippen LogP contribution in [0, 0.1) is 6.92 Å². The largest absolute Gasteiger partial charge is 0.482 e. The number of carbonyl (C=O) groups is 2. The minimum atomic E-state index is -0.142. The number of anilines is 1. The molecule has 0 fully saturated rings. The van der Waals surface area contributed by atoms with Gasteiger partial charge in [-0.25, -0.2) is 0 Å². The molecule has 6 heteroatoms. The molecule has 6 nitrogen and oxygen atoms in total. The molecule has 0 aliphatic carbocycles. The van der Waals surface area contributed by atoms with Crippen LogP contribution < -0.4 is 15.8 Å². The predicted octanol–water partition coefficient (Wildman–Crippen LogP) is 1.14. The molecule has 0 saturated carbocycles. The van der Waals surface area contributed by atoms with Crippen LogP contribution in [0.1, 0.15) is 18.4 Å². The van der Waals surface area contributed by atoms with Crippen LogP contribution in [0.25, 0.3) is 0 Å². The van der Waals surface area contributed by atoms with Gasteiger partial charge in [-0.3, -0.25) is 9.59 Å². The number of hydrogen-bond acceptors (Lipinski definition) is 4. The molecule has 0 radical (unpaired) electrons. The zero-order valence-electron chi connectivity index (χ0n) is 12.8. The third kappa shape index (κ3) is 5.83. The lowest BCUT2D eigenvalue weighted by molar-refractivity contribution is -0.130. The van der Waals surface area contributed by atoms with Gasteiger partial charge in [-0.05, 0) is 37.6 Å². The summed E-state index contributed by atoms with van der Waals surface area (Å²) in [5.74, 6) is 0.233. The first-order valence-electron chi connectivity index (χ1n) is 6.87.